The summed E-state index contributed by atoms with van der Waals surface area (Å²) in [6.07, 6.45) is -5.54. The maximum Gasteiger partial charge on any atom is 0.389 e. The van der Waals surface area contributed by atoms with Crippen LogP contribution in [0.1, 0.15) is 16.8 Å². The molecular formula is C12H11F3O3. The maximum atomic E-state index is 12.3. The lowest BCUT2D eigenvalue weighted by atomic mass is 9.92. The zero-order valence-electron chi connectivity index (χ0n) is 9.58. The van der Waals surface area contributed by atoms with Crippen LogP contribution in [0.2, 0.25) is 0 Å². The first-order valence-electron chi connectivity index (χ1n) is 5.32. The number of carbonyl (C=O) groups excluding carboxylic acids is 1. The molecular weight excluding hydrogens is 249 g/mol. The molecule has 0 spiro atoms. The molecule has 0 amide bonds. The van der Waals surface area contributed by atoms with E-state index < -0.39 is 24.3 Å². The molecule has 1 atom stereocenters. The van der Waals surface area contributed by atoms with Crippen LogP contribution in [0.4, 0.5) is 13.2 Å². The van der Waals surface area contributed by atoms with Crippen molar-refractivity contribution in [3.05, 3.63) is 23.8 Å². The lowest BCUT2D eigenvalue weighted by Crippen LogP contribution is -2.31. The van der Waals surface area contributed by atoms with Crippen molar-refractivity contribution in [2.75, 3.05) is 13.7 Å². The summed E-state index contributed by atoms with van der Waals surface area (Å²) >= 11 is 0. The summed E-state index contributed by atoms with van der Waals surface area (Å²) in [5.41, 5.74) is 0.148. The van der Waals surface area contributed by atoms with Crippen molar-refractivity contribution >= 4 is 5.78 Å². The number of alkyl halides is 3. The molecule has 1 heterocycles. The number of Topliss-reactive ketones (excluding diaryl/α,β-unsaturated/α-hetero) is 1. The van der Waals surface area contributed by atoms with E-state index in [0.717, 1.165) is 0 Å². The predicted octanol–water partition coefficient (Wildman–Crippen LogP) is 2.84. The van der Waals surface area contributed by atoms with Gasteiger partial charge in [0.1, 0.15) is 11.5 Å². The molecule has 0 radical (unpaired) electrons. The second kappa shape index (κ2) is 4.51. The molecule has 0 saturated carbocycles. The third-order valence-corrected chi connectivity index (χ3v) is 2.74. The van der Waals surface area contributed by atoms with Gasteiger partial charge in [0.25, 0.3) is 0 Å². The fourth-order valence-corrected chi connectivity index (χ4v) is 1.87. The van der Waals surface area contributed by atoms with E-state index in [1.165, 1.54) is 19.2 Å². The average Bonchev–Trinajstić information content (AvgIpc) is 2.31. The SMILES string of the molecule is COc1ccc2c(c1)C(=O)C(CC(F)(F)F)CO2. The van der Waals surface area contributed by atoms with Crippen LogP contribution in [-0.4, -0.2) is 25.7 Å². The minimum atomic E-state index is -4.37. The molecule has 1 unspecified atom stereocenters. The number of hydrogen-bond acceptors (Lipinski definition) is 3. The Kier molecular flexibility index (Phi) is 3.19. The Labute approximate surface area is 102 Å². The topological polar surface area (TPSA) is 35.5 Å². The van der Waals surface area contributed by atoms with Gasteiger partial charge in [-0.05, 0) is 18.2 Å². The second-order valence-electron chi connectivity index (χ2n) is 4.05. The van der Waals surface area contributed by atoms with Crippen LogP contribution in [0.5, 0.6) is 11.5 Å². The Hall–Kier alpha value is -1.72. The zero-order valence-corrected chi connectivity index (χ0v) is 9.58. The van der Waals surface area contributed by atoms with Crippen LogP contribution in [0.3, 0.4) is 0 Å². The van der Waals surface area contributed by atoms with E-state index in [4.69, 9.17) is 9.47 Å². The van der Waals surface area contributed by atoms with Crippen LogP contribution >= 0.6 is 0 Å². The van der Waals surface area contributed by atoms with E-state index in [9.17, 15) is 18.0 Å². The molecule has 0 aromatic heterocycles. The van der Waals surface area contributed by atoms with Crippen LogP contribution in [0.15, 0.2) is 18.2 Å². The lowest BCUT2D eigenvalue weighted by Gasteiger charge is -2.25. The van der Waals surface area contributed by atoms with Gasteiger partial charge < -0.3 is 9.47 Å². The van der Waals surface area contributed by atoms with Gasteiger partial charge in [0, 0.05) is 0 Å². The summed E-state index contributed by atoms with van der Waals surface area (Å²) in [5.74, 6) is -1.00. The quantitative estimate of drug-likeness (QED) is 0.820. The number of ether oxygens (including phenoxy) is 2. The van der Waals surface area contributed by atoms with Crippen molar-refractivity contribution in [1.82, 2.24) is 0 Å². The highest BCUT2D eigenvalue weighted by atomic mass is 19.4. The molecule has 18 heavy (non-hydrogen) atoms. The van der Waals surface area contributed by atoms with Crippen molar-refractivity contribution in [3.63, 3.8) is 0 Å². The lowest BCUT2D eigenvalue weighted by molar-refractivity contribution is -0.143. The molecule has 0 N–H and O–H groups in total. The van der Waals surface area contributed by atoms with Crippen molar-refractivity contribution in [2.45, 2.75) is 12.6 Å². The van der Waals surface area contributed by atoms with Gasteiger partial charge in [0.05, 0.1) is 31.6 Å². The van der Waals surface area contributed by atoms with Gasteiger partial charge in [0.2, 0.25) is 0 Å². The highest BCUT2D eigenvalue weighted by molar-refractivity contribution is 6.01. The minimum absolute atomic E-state index is 0.148. The van der Waals surface area contributed by atoms with Crippen LogP contribution in [0, 0.1) is 5.92 Å². The van der Waals surface area contributed by atoms with Gasteiger partial charge in [-0.1, -0.05) is 0 Å². The summed E-state index contributed by atoms with van der Waals surface area (Å²) in [4.78, 5) is 11.9. The van der Waals surface area contributed by atoms with E-state index in [0.29, 0.717) is 11.5 Å². The van der Waals surface area contributed by atoms with Crippen molar-refractivity contribution in [2.24, 2.45) is 5.92 Å². The summed E-state index contributed by atoms with van der Waals surface area (Å²) in [6.45, 7) is -0.238. The van der Waals surface area contributed by atoms with E-state index in [1.807, 2.05) is 0 Å². The van der Waals surface area contributed by atoms with Crippen molar-refractivity contribution in [3.8, 4) is 11.5 Å². The predicted molar refractivity (Wildman–Crippen MR) is 57.0 cm³/mol. The summed E-state index contributed by atoms with van der Waals surface area (Å²) in [5, 5.41) is 0. The van der Waals surface area contributed by atoms with E-state index in [-0.39, 0.29) is 12.2 Å². The molecule has 2 rings (SSSR count). The molecule has 1 aliphatic heterocycles. The third-order valence-electron chi connectivity index (χ3n) is 2.74. The minimum Gasteiger partial charge on any atom is -0.497 e. The van der Waals surface area contributed by atoms with Crippen LogP contribution in [-0.2, 0) is 0 Å². The Morgan fingerprint density at radius 1 is 1.44 bits per heavy atom. The standard InChI is InChI=1S/C12H11F3O3/c1-17-8-2-3-10-9(4-8)11(16)7(6-18-10)5-12(13,14)15/h2-4,7H,5-6H2,1H3. The normalized spacial score (nSPS) is 19.1. The number of benzene rings is 1. The summed E-state index contributed by atoms with van der Waals surface area (Å²) in [7, 11) is 1.42. The Bertz CT molecular complexity index is 468. The van der Waals surface area contributed by atoms with Gasteiger partial charge in [0.15, 0.2) is 5.78 Å². The van der Waals surface area contributed by atoms with Crippen LogP contribution in [0.25, 0.3) is 0 Å². The number of hydrogen-bond donors (Lipinski definition) is 0. The molecule has 0 fully saturated rings. The van der Waals surface area contributed by atoms with Crippen LogP contribution < -0.4 is 9.47 Å². The van der Waals surface area contributed by atoms with Gasteiger partial charge >= 0.3 is 6.18 Å². The van der Waals surface area contributed by atoms with Gasteiger partial charge in [-0.3, -0.25) is 4.79 Å². The largest absolute Gasteiger partial charge is 0.497 e. The van der Waals surface area contributed by atoms with E-state index in [1.54, 1.807) is 6.07 Å². The summed E-state index contributed by atoms with van der Waals surface area (Å²) in [6, 6.07) is 4.52. The maximum absolute atomic E-state index is 12.3. The first-order chi connectivity index (χ1) is 8.40. The molecule has 0 bridgehead atoms. The number of carbonyl (C=O) groups is 1. The zero-order chi connectivity index (χ0) is 13.3. The number of methoxy groups -OCH3 is 1. The fourth-order valence-electron chi connectivity index (χ4n) is 1.87. The smallest absolute Gasteiger partial charge is 0.389 e. The molecule has 3 nitrogen and oxygen atoms in total. The van der Waals surface area contributed by atoms with Crippen molar-refractivity contribution < 1.29 is 27.4 Å². The Morgan fingerprint density at radius 2 is 2.17 bits per heavy atom. The third kappa shape index (κ3) is 2.57. The molecule has 1 aromatic rings. The van der Waals surface area contributed by atoms with Gasteiger partial charge in [-0.15, -0.1) is 0 Å². The first kappa shape index (κ1) is 12.7. The average molecular weight is 260 g/mol. The molecule has 0 saturated heterocycles. The van der Waals surface area contributed by atoms with Crippen molar-refractivity contribution in [1.29, 1.82) is 0 Å². The number of ketones is 1. The summed E-state index contributed by atoms with van der Waals surface area (Å²) < 4.78 is 47.0. The highest BCUT2D eigenvalue weighted by Gasteiger charge is 2.39. The number of fused-ring (bicyclic) bond motifs is 1. The monoisotopic (exact) mass is 260 g/mol. The Morgan fingerprint density at radius 3 is 2.78 bits per heavy atom. The van der Waals surface area contributed by atoms with Gasteiger partial charge in [-0.25, -0.2) is 0 Å². The molecule has 98 valence electrons. The number of rotatable bonds is 2. The molecule has 1 aliphatic rings. The van der Waals surface area contributed by atoms with E-state index in [2.05, 4.69) is 0 Å². The fraction of sp³-hybridized carbons (Fsp3) is 0.417. The molecule has 1 aromatic carbocycles. The highest BCUT2D eigenvalue weighted by Crippen LogP contribution is 2.35. The molecule has 6 heteroatoms. The molecule has 0 aliphatic carbocycles. The second-order valence-corrected chi connectivity index (χ2v) is 4.05. The number of halogens is 3. The first-order valence-corrected chi connectivity index (χ1v) is 5.32. The van der Waals surface area contributed by atoms with E-state index >= 15 is 0 Å². The van der Waals surface area contributed by atoms with Gasteiger partial charge in [-0.2, -0.15) is 13.2 Å². The Balaban J connectivity index is 2.26.